The summed E-state index contributed by atoms with van der Waals surface area (Å²) < 4.78 is 0. The van der Waals surface area contributed by atoms with Gasteiger partial charge < -0.3 is 5.32 Å². The number of hydrogen-bond donors (Lipinski definition) is 1. The number of rotatable bonds is 2. The molecule has 0 aliphatic carbocycles. The van der Waals surface area contributed by atoms with Crippen LogP contribution in [0.3, 0.4) is 0 Å². The van der Waals surface area contributed by atoms with Crippen LogP contribution in [0.5, 0.6) is 0 Å². The zero-order valence-electron chi connectivity index (χ0n) is 9.21. The smallest absolute Gasteiger partial charge is 0.0909 e. The summed E-state index contributed by atoms with van der Waals surface area (Å²) in [5.74, 6) is 3.67. The van der Waals surface area contributed by atoms with Crippen LogP contribution >= 0.6 is 0 Å². The summed E-state index contributed by atoms with van der Waals surface area (Å²) in [6, 6.07) is 0.340. The van der Waals surface area contributed by atoms with E-state index in [9.17, 15) is 0 Å². The van der Waals surface area contributed by atoms with E-state index in [1.165, 1.54) is 12.8 Å². The highest BCUT2D eigenvalue weighted by atomic mass is 15.3. The molecule has 1 N–H and O–H groups in total. The normalized spacial score (nSPS) is 37.4. The Labute approximate surface area is 87.1 Å². The van der Waals surface area contributed by atoms with E-state index in [0.717, 1.165) is 19.6 Å². The Morgan fingerprint density at radius 1 is 1.64 bits per heavy atom. The zero-order chi connectivity index (χ0) is 10.2. The Hall–Kier alpha value is -0.520. The fourth-order valence-corrected chi connectivity index (χ4v) is 2.88. The van der Waals surface area contributed by atoms with Gasteiger partial charge in [0.2, 0.25) is 0 Å². The van der Waals surface area contributed by atoms with Crippen molar-refractivity contribution < 1.29 is 0 Å². The van der Waals surface area contributed by atoms with Gasteiger partial charge in [0.1, 0.15) is 0 Å². The number of likely N-dealkylation sites (tertiary alicyclic amines) is 1. The molecule has 2 heteroatoms. The summed E-state index contributed by atoms with van der Waals surface area (Å²) in [5.41, 5.74) is 0.281. The van der Waals surface area contributed by atoms with Crippen LogP contribution in [0, 0.1) is 18.3 Å². The van der Waals surface area contributed by atoms with Crippen molar-refractivity contribution in [2.24, 2.45) is 5.92 Å². The van der Waals surface area contributed by atoms with E-state index >= 15 is 0 Å². The molecule has 0 amide bonds. The molecule has 78 valence electrons. The van der Waals surface area contributed by atoms with Gasteiger partial charge in [0.15, 0.2) is 0 Å². The molecule has 0 aromatic rings. The maximum absolute atomic E-state index is 5.62. The van der Waals surface area contributed by atoms with Gasteiger partial charge in [-0.15, -0.1) is 6.42 Å². The highest BCUT2D eigenvalue weighted by Crippen LogP contribution is 2.36. The van der Waals surface area contributed by atoms with Gasteiger partial charge in [-0.1, -0.05) is 19.8 Å². The third kappa shape index (κ3) is 1.45. The van der Waals surface area contributed by atoms with Crippen molar-refractivity contribution in [1.29, 1.82) is 0 Å². The fraction of sp³-hybridized carbons (Fsp3) is 0.833. The van der Waals surface area contributed by atoms with Gasteiger partial charge in [0, 0.05) is 13.1 Å². The van der Waals surface area contributed by atoms with Gasteiger partial charge in [0.05, 0.1) is 11.6 Å². The lowest BCUT2D eigenvalue weighted by molar-refractivity contribution is 0.00306. The summed E-state index contributed by atoms with van der Waals surface area (Å²) in [4.78, 5) is 2.43. The van der Waals surface area contributed by atoms with Crippen LogP contribution in [-0.2, 0) is 0 Å². The summed E-state index contributed by atoms with van der Waals surface area (Å²) >= 11 is 0. The molecule has 2 atom stereocenters. The van der Waals surface area contributed by atoms with Crippen molar-refractivity contribution in [3.05, 3.63) is 0 Å². The highest BCUT2D eigenvalue weighted by molar-refractivity contribution is 5.24. The molecule has 0 aromatic carbocycles. The molecular formula is C12H20N2. The van der Waals surface area contributed by atoms with Gasteiger partial charge in [0.25, 0.3) is 0 Å². The van der Waals surface area contributed by atoms with Crippen molar-refractivity contribution in [3.63, 3.8) is 0 Å². The van der Waals surface area contributed by atoms with Crippen molar-refractivity contribution in [3.8, 4) is 12.3 Å². The molecule has 1 spiro atoms. The van der Waals surface area contributed by atoms with E-state index in [2.05, 4.69) is 30.0 Å². The van der Waals surface area contributed by atoms with E-state index in [-0.39, 0.29) is 5.54 Å². The first-order valence-corrected chi connectivity index (χ1v) is 5.63. The molecule has 2 saturated heterocycles. The summed E-state index contributed by atoms with van der Waals surface area (Å²) in [7, 11) is 0. The first-order chi connectivity index (χ1) is 6.68. The van der Waals surface area contributed by atoms with E-state index in [1.807, 2.05) is 0 Å². The van der Waals surface area contributed by atoms with E-state index in [0.29, 0.717) is 12.0 Å². The number of nitrogens with zero attached hydrogens (tertiary/aromatic N) is 1. The predicted molar refractivity (Wildman–Crippen MR) is 59.0 cm³/mol. The maximum Gasteiger partial charge on any atom is 0.0909 e. The quantitative estimate of drug-likeness (QED) is 0.659. The summed E-state index contributed by atoms with van der Waals surface area (Å²) in [5, 5.41) is 3.59. The SMILES string of the molecule is C#CC1N(CC(C)C)CC12CCCN2. The minimum Gasteiger partial charge on any atom is -0.308 e. The van der Waals surface area contributed by atoms with Gasteiger partial charge in [-0.3, -0.25) is 4.90 Å². The fourth-order valence-electron chi connectivity index (χ4n) is 2.88. The summed E-state index contributed by atoms with van der Waals surface area (Å²) in [6.45, 7) is 7.94. The van der Waals surface area contributed by atoms with Crippen LogP contribution in [0.4, 0.5) is 0 Å². The standard InChI is InChI=1S/C12H20N2/c1-4-11-12(6-5-7-13-12)9-14(11)8-10(2)3/h1,10-11,13H,5-9H2,2-3H3. The lowest BCUT2D eigenvalue weighted by Gasteiger charge is -2.54. The molecule has 2 rings (SSSR count). The molecule has 2 nitrogen and oxygen atoms in total. The largest absolute Gasteiger partial charge is 0.308 e. The Morgan fingerprint density at radius 3 is 2.93 bits per heavy atom. The predicted octanol–water partition coefficient (Wildman–Crippen LogP) is 1.08. The average molecular weight is 192 g/mol. The lowest BCUT2D eigenvalue weighted by Crippen LogP contribution is -2.73. The summed E-state index contributed by atoms with van der Waals surface area (Å²) in [6.07, 6.45) is 8.17. The molecule has 0 bridgehead atoms. The topological polar surface area (TPSA) is 15.3 Å². The maximum atomic E-state index is 5.62. The minimum absolute atomic E-state index is 0.281. The Kier molecular flexibility index (Phi) is 2.55. The van der Waals surface area contributed by atoms with E-state index < -0.39 is 0 Å². The number of terminal acetylenes is 1. The molecular weight excluding hydrogens is 172 g/mol. The molecule has 0 saturated carbocycles. The first kappa shape index (κ1) is 10.0. The van der Waals surface area contributed by atoms with E-state index in [1.54, 1.807) is 0 Å². The molecule has 0 radical (unpaired) electrons. The van der Waals surface area contributed by atoms with Crippen molar-refractivity contribution >= 4 is 0 Å². The Balaban J connectivity index is 1.98. The highest BCUT2D eigenvalue weighted by Gasteiger charge is 2.52. The Bertz CT molecular complexity index is 246. The van der Waals surface area contributed by atoms with Crippen LogP contribution < -0.4 is 5.32 Å². The van der Waals surface area contributed by atoms with Crippen LogP contribution in [0.2, 0.25) is 0 Å². The molecule has 2 heterocycles. The molecule has 2 aliphatic heterocycles. The second-order valence-electron chi connectivity index (χ2n) is 5.08. The second kappa shape index (κ2) is 3.56. The van der Waals surface area contributed by atoms with Crippen LogP contribution in [0.15, 0.2) is 0 Å². The molecule has 0 aromatic heterocycles. The first-order valence-electron chi connectivity index (χ1n) is 5.63. The van der Waals surface area contributed by atoms with Gasteiger partial charge >= 0.3 is 0 Å². The molecule has 2 aliphatic rings. The monoisotopic (exact) mass is 192 g/mol. The van der Waals surface area contributed by atoms with Crippen LogP contribution in [-0.4, -0.2) is 36.1 Å². The van der Waals surface area contributed by atoms with Crippen molar-refractivity contribution in [2.45, 2.75) is 38.3 Å². The third-order valence-electron chi connectivity index (χ3n) is 3.41. The molecule has 14 heavy (non-hydrogen) atoms. The van der Waals surface area contributed by atoms with Gasteiger partial charge in [-0.2, -0.15) is 0 Å². The van der Waals surface area contributed by atoms with Gasteiger partial charge in [-0.25, -0.2) is 0 Å². The van der Waals surface area contributed by atoms with Crippen molar-refractivity contribution in [1.82, 2.24) is 10.2 Å². The van der Waals surface area contributed by atoms with Crippen LogP contribution in [0.1, 0.15) is 26.7 Å². The zero-order valence-corrected chi connectivity index (χ0v) is 9.21. The molecule has 2 fully saturated rings. The average Bonchev–Trinajstić information content (AvgIpc) is 2.53. The van der Waals surface area contributed by atoms with E-state index in [4.69, 9.17) is 6.42 Å². The number of nitrogens with one attached hydrogen (secondary N) is 1. The Morgan fingerprint density at radius 2 is 2.43 bits per heavy atom. The third-order valence-corrected chi connectivity index (χ3v) is 3.41. The number of hydrogen-bond acceptors (Lipinski definition) is 2. The van der Waals surface area contributed by atoms with Gasteiger partial charge in [-0.05, 0) is 25.3 Å². The van der Waals surface area contributed by atoms with Crippen molar-refractivity contribution in [2.75, 3.05) is 19.6 Å². The molecule has 2 unspecified atom stereocenters. The second-order valence-corrected chi connectivity index (χ2v) is 5.08. The lowest BCUT2D eigenvalue weighted by atomic mass is 9.78. The minimum atomic E-state index is 0.281. The van der Waals surface area contributed by atoms with Crippen LogP contribution in [0.25, 0.3) is 0 Å².